The highest BCUT2D eigenvalue weighted by molar-refractivity contribution is 6.33. The average Bonchev–Trinajstić information content (AvgIpc) is 3.31. The maximum atomic E-state index is 14.3. The summed E-state index contributed by atoms with van der Waals surface area (Å²) in [7, 11) is 0. The first-order chi connectivity index (χ1) is 14.5. The lowest BCUT2D eigenvalue weighted by Gasteiger charge is -2.10. The van der Waals surface area contributed by atoms with E-state index in [9.17, 15) is 9.18 Å². The second-order valence-corrected chi connectivity index (χ2v) is 6.90. The van der Waals surface area contributed by atoms with Gasteiger partial charge in [-0.15, -0.1) is 0 Å². The molecule has 4 aromatic rings. The number of rotatable bonds is 6. The highest BCUT2D eigenvalue weighted by atomic mass is 35.5. The van der Waals surface area contributed by atoms with Gasteiger partial charge in [0.05, 0.1) is 10.6 Å². The van der Waals surface area contributed by atoms with E-state index in [0.717, 1.165) is 5.69 Å². The predicted molar refractivity (Wildman–Crippen MR) is 108 cm³/mol. The Kier molecular flexibility index (Phi) is 5.32. The maximum Gasteiger partial charge on any atom is 0.257 e. The normalized spacial score (nSPS) is 11.1. The molecule has 0 unspecified atom stereocenters. The van der Waals surface area contributed by atoms with Gasteiger partial charge in [-0.1, -0.05) is 22.8 Å². The molecule has 3 heterocycles. The number of hydrogen-bond acceptors (Lipinski definition) is 7. The predicted octanol–water partition coefficient (Wildman–Crippen LogP) is 3.03. The van der Waals surface area contributed by atoms with Gasteiger partial charge in [-0.3, -0.25) is 4.79 Å². The molecule has 0 fully saturated rings. The number of hydrogen-bond donors (Lipinski definition) is 2. The third-order valence-corrected chi connectivity index (χ3v) is 4.70. The van der Waals surface area contributed by atoms with Crippen LogP contribution in [-0.2, 0) is 0 Å². The molecule has 154 valence electrons. The van der Waals surface area contributed by atoms with E-state index in [2.05, 4.69) is 30.9 Å². The van der Waals surface area contributed by atoms with Gasteiger partial charge in [-0.25, -0.2) is 9.37 Å². The van der Waals surface area contributed by atoms with Crippen LogP contribution in [0.1, 0.15) is 21.8 Å². The number of carbonyl (C=O) groups is 1. The van der Waals surface area contributed by atoms with Crippen molar-refractivity contribution in [1.82, 2.24) is 30.1 Å². The number of nitrogens with one attached hydrogen (secondary N) is 2. The highest BCUT2D eigenvalue weighted by Gasteiger charge is 2.25. The number of carbonyl (C=O) groups excluding carboxylic acids is 1. The molecule has 0 aliphatic heterocycles. The first-order valence-electron chi connectivity index (χ1n) is 9.06. The molecule has 3 aromatic heterocycles. The largest absolute Gasteiger partial charge is 0.368 e. The highest BCUT2D eigenvalue weighted by Crippen LogP contribution is 2.33. The first-order valence-corrected chi connectivity index (χ1v) is 9.43. The molecule has 2 N–H and O–H groups in total. The van der Waals surface area contributed by atoms with Crippen LogP contribution in [0.3, 0.4) is 0 Å². The van der Waals surface area contributed by atoms with E-state index >= 15 is 0 Å². The van der Waals surface area contributed by atoms with Crippen molar-refractivity contribution in [2.45, 2.75) is 13.8 Å². The summed E-state index contributed by atoms with van der Waals surface area (Å²) in [5, 5.41) is 14.0. The van der Waals surface area contributed by atoms with E-state index < -0.39 is 11.7 Å². The van der Waals surface area contributed by atoms with Crippen LogP contribution in [0.25, 0.3) is 17.0 Å². The number of anilines is 1. The number of amides is 1. The van der Waals surface area contributed by atoms with Crippen molar-refractivity contribution in [3.8, 4) is 11.3 Å². The van der Waals surface area contributed by atoms with Gasteiger partial charge in [0.15, 0.2) is 0 Å². The third-order valence-electron chi connectivity index (χ3n) is 4.39. The lowest BCUT2D eigenvalue weighted by atomic mass is 10.0. The van der Waals surface area contributed by atoms with Crippen LogP contribution in [0.5, 0.6) is 0 Å². The molecular weight excluding hydrogens is 413 g/mol. The Balaban J connectivity index is 1.46. The molecule has 1 aromatic carbocycles. The molecule has 4 rings (SSSR count). The monoisotopic (exact) mass is 429 g/mol. The second-order valence-electron chi connectivity index (χ2n) is 6.50. The Bertz CT molecular complexity index is 1220. The molecule has 11 heteroatoms. The van der Waals surface area contributed by atoms with E-state index in [1.165, 1.54) is 24.5 Å². The summed E-state index contributed by atoms with van der Waals surface area (Å²) in [4.78, 5) is 21.1. The average molecular weight is 430 g/mol. The van der Waals surface area contributed by atoms with E-state index in [-0.39, 0.29) is 34.1 Å². The van der Waals surface area contributed by atoms with Crippen LogP contribution < -0.4 is 10.6 Å². The number of halogens is 2. The van der Waals surface area contributed by atoms with Gasteiger partial charge in [0, 0.05) is 24.8 Å². The molecule has 0 saturated carbocycles. The molecule has 0 atom stereocenters. The molecule has 0 spiro atoms. The van der Waals surface area contributed by atoms with Crippen molar-refractivity contribution in [1.29, 1.82) is 0 Å². The number of fused-ring (bicyclic) bond motifs is 1. The van der Waals surface area contributed by atoms with Crippen LogP contribution in [-0.4, -0.2) is 43.7 Å². The fourth-order valence-electron chi connectivity index (χ4n) is 3.05. The second kappa shape index (κ2) is 8.07. The SMILES string of the molecule is Cc1cc(NCCNC(=O)c2c(-c3c(F)cccc3Cl)noc2C)n2ncnc2n1. The number of aromatic nitrogens is 5. The van der Waals surface area contributed by atoms with Gasteiger partial charge in [0.1, 0.15) is 35.0 Å². The number of benzene rings is 1. The zero-order valence-corrected chi connectivity index (χ0v) is 16.9. The zero-order valence-electron chi connectivity index (χ0n) is 16.1. The van der Waals surface area contributed by atoms with Gasteiger partial charge in [-0.05, 0) is 26.0 Å². The summed E-state index contributed by atoms with van der Waals surface area (Å²) in [6.45, 7) is 4.13. The lowest BCUT2D eigenvalue weighted by molar-refractivity contribution is 0.0954. The number of aryl methyl sites for hydroxylation is 2. The summed E-state index contributed by atoms with van der Waals surface area (Å²) < 4.78 is 21.0. The maximum absolute atomic E-state index is 14.3. The summed E-state index contributed by atoms with van der Waals surface area (Å²) in [6, 6.07) is 6.08. The Morgan fingerprint density at radius 2 is 2.13 bits per heavy atom. The topological polar surface area (TPSA) is 110 Å². The van der Waals surface area contributed by atoms with Gasteiger partial charge < -0.3 is 15.2 Å². The van der Waals surface area contributed by atoms with Crippen LogP contribution in [0.15, 0.2) is 35.1 Å². The minimum Gasteiger partial charge on any atom is -0.368 e. The van der Waals surface area contributed by atoms with E-state index in [1.54, 1.807) is 11.4 Å². The van der Waals surface area contributed by atoms with E-state index in [1.807, 2.05) is 13.0 Å². The van der Waals surface area contributed by atoms with Gasteiger partial charge in [0.2, 0.25) is 0 Å². The van der Waals surface area contributed by atoms with E-state index in [4.69, 9.17) is 16.1 Å². The van der Waals surface area contributed by atoms with Crippen LogP contribution >= 0.6 is 11.6 Å². The van der Waals surface area contributed by atoms with Gasteiger partial charge >= 0.3 is 0 Å². The van der Waals surface area contributed by atoms with Crippen molar-refractivity contribution in [3.05, 3.63) is 58.5 Å². The van der Waals surface area contributed by atoms with Crippen molar-refractivity contribution >= 4 is 29.1 Å². The molecule has 0 aliphatic carbocycles. The summed E-state index contributed by atoms with van der Waals surface area (Å²) in [5.74, 6) is 0.416. The minimum atomic E-state index is -0.587. The smallest absolute Gasteiger partial charge is 0.257 e. The summed E-state index contributed by atoms with van der Waals surface area (Å²) >= 11 is 6.11. The Morgan fingerprint density at radius 1 is 1.30 bits per heavy atom. The standard InChI is InChI=1S/C19H17ClFN7O2/c1-10-8-14(28-19(26-10)24-9-25-28)22-6-7-23-18(29)15-11(2)30-27-17(15)16-12(20)4-3-5-13(16)21/h3-5,8-9,22H,6-7H2,1-2H3,(H,23,29). The first kappa shape index (κ1) is 19.8. The van der Waals surface area contributed by atoms with Crippen molar-refractivity contribution in [3.63, 3.8) is 0 Å². The summed E-state index contributed by atoms with van der Waals surface area (Å²) in [6.07, 6.45) is 1.42. The molecule has 0 bridgehead atoms. The van der Waals surface area contributed by atoms with Crippen LogP contribution in [0, 0.1) is 19.7 Å². The minimum absolute atomic E-state index is 0.0279. The lowest BCUT2D eigenvalue weighted by Crippen LogP contribution is -2.29. The molecular formula is C19H17ClFN7O2. The van der Waals surface area contributed by atoms with Crippen molar-refractivity contribution < 1.29 is 13.7 Å². The van der Waals surface area contributed by atoms with E-state index in [0.29, 0.717) is 18.1 Å². The van der Waals surface area contributed by atoms with Crippen LogP contribution in [0.4, 0.5) is 10.2 Å². The zero-order chi connectivity index (χ0) is 21.3. The van der Waals surface area contributed by atoms with Crippen molar-refractivity contribution in [2.24, 2.45) is 0 Å². The Morgan fingerprint density at radius 3 is 2.93 bits per heavy atom. The fourth-order valence-corrected chi connectivity index (χ4v) is 3.30. The third kappa shape index (κ3) is 3.69. The molecule has 0 saturated heterocycles. The molecule has 0 radical (unpaired) electrons. The molecule has 30 heavy (non-hydrogen) atoms. The Hall–Kier alpha value is -3.53. The van der Waals surface area contributed by atoms with Gasteiger partial charge in [-0.2, -0.15) is 14.6 Å². The van der Waals surface area contributed by atoms with Crippen molar-refractivity contribution in [2.75, 3.05) is 18.4 Å². The Labute approximate surface area is 175 Å². The summed E-state index contributed by atoms with van der Waals surface area (Å²) in [5.41, 5.74) is 1.02. The quantitative estimate of drug-likeness (QED) is 0.453. The number of nitrogens with zero attached hydrogens (tertiary/aromatic N) is 5. The van der Waals surface area contributed by atoms with Crippen LogP contribution in [0.2, 0.25) is 5.02 Å². The van der Waals surface area contributed by atoms with Gasteiger partial charge in [0.25, 0.3) is 11.7 Å². The fraction of sp³-hybridized carbons (Fsp3) is 0.211. The molecule has 1 amide bonds. The molecule has 9 nitrogen and oxygen atoms in total. The molecule has 0 aliphatic rings.